The number of rotatable bonds is 5. The van der Waals surface area contributed by atoms with E-state index >= 15 is 0 Å². The number of nitrogens with one attached hydrogen (secondary N) is 1. The Labute approximate surface area is 119 Å². The number of hydrogen-bond donors (Lipinski definition) is 1. The minimum atomic E-state index is -0.161. The maximum absolute atomic E-state index is 13.1. The van der Waals surface area contributed by atoms with Gasteiger partial charge in [-0.1, -0.05) is 13.0 Å². The van der Waals surface area contributed by atoms with Crippen molar-refractivity contribution in [1.29, 1.82) is 0 Å². The number of hydrogen-bond acceptors (Lipinski definition) is 3. The van der Waals surface area contributed by atoms with Crippen molar-refractivity contribution in [3.05, 3.63) is 35.1 Å². The Balaban J connectivity index is 2.06. The van der Waals surface area contributed by atoms with Gasteiger partial charge in [0.05, 0.1) is 12.7 Å². The van der Waals surface area contributed by atoms with E-state index in [0.29, 0.717) is 6.04 Å². The van der Waals surface area contributed by atoms with Crippen LogP contribution in [0.25, 0.3) is 0 Å². The molecular weight excluding hydrogens is 261 g/mol. The summed E-state index contributed by atoms with van der Waals surface area (Å²) in [6.45, 7) is 5.84. The number of likely N-dealkylation sites (N-methyl/N-ethyl adjacent to an activating group) is 1. The van der Waals surface area contributed by atoms with Crippen molar-refractivity contribution in [2.45, 2.75) is 32.4 Å². The Hall–Kier alpha value is -0.580. The highest BCUT2D eigenvalue weighted by Gasteiger charge is 2.24. The maximum atomic E-state index is 13.1. The number of benzene rings is 1. The van der Waals surface area contributed by atoms with Crippen LogP contribution in [0.4, 0.5) is 4.39 Å². The molecule has 1 heterocycles. The summed E-state index contributed by atoms with van der Waals surface area (Å²) < 4.78 is 19.0. The first kappa shape index (κ1) is 14.8. The van der Waals surface area contributed by atoms with Gasteiger partial charge in [-0.15, -0.1) is 0 Å². The second-order valence-corrected chi connectivity index (χ2v) is 6.07. The quantitative estimate of drug-likeness (QED) is 0.898. The van der Waals surface area contributed by atoms with Gasteiger partial charge in [0, 0.05) is 17.5 Å². The van der Waals surface area contributed by atoms with Crippen LogP contribution in [-0.2, 0) is 11.2 Å². The van der Waals surface area contributed by atoms with Gasteiger partial charge in [0.25, 0.3) is 0 Å². The van der Waals surface area contributed by atoms with Crippen molar-refractivity contribution >= 4 is 11.8 Å². The summed E-state index contributed by atoms with van der Waals surface area (Å²) in [6.07, 6.45) is 1.15. The normalized spacial score (nSPS) is 21.3. The fourth-order valence-corrected chi connectivity index (χ4v) is 3.40. The molecule has 1 N–H and O–H groups in total. The smallest absolute Gasteiger partial charge is 0.123 e. The van der Waals surface area contributed by atoms with Crippen molar-refractivity contribution < 1.29 is 9.13 Å². The molecule has 1 saturated heterocycles. The lowest BCUT2D eigenvalue weighted by Gasteiger charge is -2.31. The summed E-state index contributed by atoms with van der Waals surface area (Å²) in [7, 11) is 0. The molecule has 4 heteroatoms. The summed E-state index contributed by atoms with van der Waals surface area (Å²) >= 11 is 1.95. The van der Waals surface area contributed by atoms with Crippen molar-refractivity contribution in [3.8, 4) is 0 Å². The minimum Gasteiger partial charge on any atom is -0.375 e. The van der Waals surface area contributed by atoms with E-state index in [1.165, 1.54) is 5.56 Å². The van der Waals surface area contributed by atoms with Crippen LogP contribution in [0.15, 0.2) is 18.2 Å². The fraction of sp³-hybridized carbons (Fsp3) is 0.600. The van der Waals surface area contributed by atoms with E-state index < -0.39 is 0 Å². The van der Waals surface area contributed by atoms with E-state index in [1.807, 2.05) is 24.8 Å². The molecule has 2 atom stereocenters. The second-order valence-electron chi connectivity index (χ2n) is 4.92. The third-order valence-corrected chi connectivity index (χ3v) is 4.52. The Morgan fingerprint density at radius 3 is 3.00 bits per heavy atom. The van der Waals surface area contributed by atoms with Gasteiger partial charge < -0.3 is 10.1 Å². The van der Waals surface area contributed by atoms with Gasteiger partial charge in [0.2, 0.25) is 0 Å². The predicted molar refractivity (Wildman–Crippen MR) is 79.4 cm³/mol. The van der Waals surface area contributed by atoms with Crippen molar-refractivity contribution in [1.82, 2.24) is 5.32 Å². The molecule has 1 fully saturated rings. The molecule has 0 aliphatic carbocycles. The molecule has 1 aliphatic heterocycles. The summed E-state index contributed by atoms with van der Waals surface area (Å²) in [6, 6.07) is 5.35. The van der Waals surface area contributed by atoms with Crippen LogP contribution >= 0.6 is 11.8 Å². The third kappa shape index (κ3) is 4.20. The maximum Gasteiger partial charge on any atom is 0.123 e. The number of aryl methyl sites for hydroxylation is 1. The number of ether oxygens (including phenoxy) is 1. The molecule has 0 bridgehead atoms. The van der Waals surface area contributed by atoms with E-state index in [1.54, 1.807) is 12.1 Å². The van der Waals surface area contributed by atoms with Crippen LogP contribution in [0.5, 0.6) is 0 Å². The molecule has 2 nitrogen and oxygen atoms in total. The van der Waals surface area contributed by atoms with Crippen molar-refractivity contribution in [2.24, 2.45) is 0 Å². The molecule has 106 valence electrons. The summed E-state index contributed by atoms with van der Waals surface area (Å²) in [5.74, 6) is 1.97. The van der Waals surface area contributed by atoms with Crippen LogP contribution in [0, 0.1) is 12.7 Å². The van der Waals surface area contributed by atoms with E-state index in [9.17, 15) is 4.39 Å². The standard InChI is InChI=1S/C15H22FNOS/c1-3-17-14(15-10-19-7-6-18-15)9-12-4-5-13(16)8-11(12)2/h4-5,8,14-15,17H,3,6-7,9-10H2,1-2H3. The highest BCUT2D eigenvalue weighted by molar-refractivity contribution is 7.99. The van der Waals surface area contributed by atoms with Crippen LogP contribution in [0.2, 0.25) is 0 Å². The minimum absolute atomic E-state index is 0.161. The molecule has 1 aliphatic rings. The summed E-state index contributed by atoms with van der Waals surface area (Å²) in [5, 5.41) is 3.51. The third-order valence-electron chi connectivity index (χ3n) is 3.50. The van der Waals surface area contributed by atoms with Gasteiger partial charge in [0.1, 0.15) is 5.82 Å². The van der Waals surface area contributed by atoms with Crippen LogP contribution in [-0.4, -0.2) is 36.8 Å². The molecule has 0 spiro atoms. The highest BCUT2D eigenvalue weighted by Crippen LogP contribution is 2.20. The molecule has 0 aromatic heterocycles. The van der Waals surface area contributed by atoms with Crippen molar-refractivity contribution in [2.75, 3.05) is 24.7 Å². The second kappa shape index (κ2) is 7.27. The fourth-order valence-electron chi connectivity index (χ4n) is 2.46. The van der Waals surface area contributed by atoms with Gasteiger partial charge in [-0.05, 0) is 43.1 Å². The number of halogens is 1. The van der Waals surface area contributed by atoms with Crippen LogP contribution in [0.1, 0.15) is 18.1 Å². The molecule has 19 heavy (non-hydrogen) atoms. The molecular formula is C15H22FNOS. The molecule has 2 unspecified atom stereocenters. The van der Waals surface area contributed by atoms with Gasteiger partial charge in [-0.2, -0.15) is 11.8 Å². The SMILES string of the molecule is CCNC(Cc1ccc(F)cc1C)C1CSCCO1. The summed E-state index contributed by atoms with van der Waals surface area (Å²) in [4.78, 5) is 0. The largest absolute Gasteiger partial charge is 0.375 e. The predicted octanol–water partition coefficient (Wildman–Crippen LogP) is 2.79. The van der Waals surface area contributed by atoms with E-state index in [2.05, 4.69) is 12.2 Å². The molecule has 0 radical (unpaired) electrons. The average Bonchev–Trinajstić information content (AvgIpc) is 2.42. The lowest BCUT2D eigenvalue weighted by molar-refractivity contribution is 0.0475. The Kier molecular flexibility index (Phi) is 5.67. The first-order valence-corrected chi connectivity index (χ1v) is 8.04. The Bertz CT molecular complexity index is 407. The zero-order valence-corrected chi connectivity index (χ0v) is 12.4. The lowest BCUT2D eigenvalue weighted by atomic mass is 9.98. The Morgan fingerprint density at radius 1 is 1.53 bits per heavy atom. The van der Waals surface area contributed by atoms with E-state index in [-0.39, 0.29) is 11.9 Å². The monoisotopic (exact) mass is 283 g/mol. The lowest BCUT2D eigenvalue weighted by Crippen LogP contribution is -2.46. The van der Waals surface area contributed by atoms with Gasteiger partial charge >= 0.3 is 0 Å². The topological polar surface area (TPSA) is 21.3 Å². The Morgan fingerprint density at radius 2 is 2.37 bits per heavy atom. The zero-order valence-electron chi connectivity index (χ0n) is 11.6. The summed E-state index contributed by atoms with van der Waals surface area (Å²) in [5.41, 5.74) is 2.22. The first-order chi connectivity index (χ1) is 9.20. The molecule has 0 amide bonds. The number of thioether (sulfide) groups is 1. The molecule has 0 saturated carbocycles. The molecule has 1 aromatic rings. The zero-order chi connectivity index (χ0) is 13.7. The molecule has 1 aromatic carbocycles. The first-order valence-electron chi connectivity index (χ1n) is 6.88. The van der Waals surface area contributed by atoms with Crippen LogP contribution in [0.3, 0.4) is 0 Å². The van der Waals surface area contributed by atoms with Gasteiger partial charge in [-0.3, -0.25) is 0 Å². The highest BCUT2D eigenvalue weighted by atomic mass is 32.2. The van der Waals surface area contributed by atoms with Gasteiger partial charge in [0.15, 0.2) is 0 Å². The van der Waals surface area contributed by atoms with Crippen molar-refractivity contribution in [3.63, 3.8) is 0 Å². The van der Waals surface area contributed by atoms with Crippen LogP contribution < -0.4 is 5.32 Å². The van der Waals surface area contributed by atoms with E-state index in [0.717, 1.165) is 36.6 Å². The van der Waals surface area contributed by atoms with Gasteiger partial charge in [-0.25, -0.2) is 4.39 Å². The average molecular weight is 283 g/mol. The molecule has 2 rings (SSSR count). The van der Waals surface area contributed by atoms with E-state index in [4.69, 9.17) is 4.74 Å².